The lowest BCUT2D eigenvalue weighted by Gasteiger charge is -2.11. The van der Waals surface area contributed by atoms with Crippen molar-refractivity contribution >= 4 is 17.1 Å². The number of anilines is 1. The fourth-order valence-corrected chi connectivity index (χ4v) is 3.42. The quantitative estimate of drug-likeness (QED) is 0.531. The van der Waals surface area contributed by atoms with Gasteiger partial charge in [-0.25, -0.2) is 14.6 Å². The number of benzene rings is 2. The van der Waals surface area contributed by atoms with Crippen LogP contribution < -0.4 is 24.3 Å². The molecular weight excluding hydrogens is 390 g/mol. The summed E-state index contributed by atoms with van der Waals surface area (Å²) in [6, 6.07) is 11.6. The Morgan fingerprint density at radius 1 is 0.733 bits per heavy atom. The van der Waals surface area contributed by atoms with Crippen molar-refractivity contribution in [3.8, 4) is 23.0 Å². The SMILES string of the molecule is c1cc2c(cc1CNc1nc3nonc3nc1Cc1ccc3c(c1)OCO3)OCO2. The van der Waals surface area contributed by atoms with Crippen LogP contribution in [-0.2, 0) is 13.0 Å². The molecule has 4 aromatic rings. The molecule has 2 aromatic carbocycles. The molecule has 150 valence electrons. The molecule has 10 heteroatoms. The average Bonchev–Trinajstić information content (AvgIpc) is 3.51. The summed E-state index contributed by atoms with van der Waals surface area (Å²) >= 11 is 0. The molecule has 0 aliphatic carbocycles. The average molecular weight is 405 g/mol. The van der Waals surface area contributed by atoms with Crippen molar-refractivity contribution < 1.29 is 23.6 Å². The monoisotopic (exact) mass is 405 g/mol. The molecule has 0 spiro atoms. The third kappa shape index (κ3) is 2.98. The number of ether oxygens (including phenoxy) is 4. The number of aromatic nitrogens is 4. The van der Waals surface area contributed by atoms with E-state index in [0.717, 1.165) is 39.8 Å². The number of nitrogens with one attached hydrogen (secondary N) is 1. The van der Waals surface area contributed by atoms with Crippen LogP contribution in [-0.4, -0.2) is 33.9 Å². The summed E-state index contributed by atoms with van der Waals surface area (Å²) in [4.78, 5) is 9.12. The van der Waals surface area contributed by atoms with Crippen molar-refractivity contribution in [2.75, 3.05) is 18.9 Å². The van der Waals surface area contributed by atoms with Crippen molar-refractivity contribution in [3.63, 3.8) is 0 Å². The summed E-state index contributed by atoms with van der Waals surface area (Å²) in [6.07, 6.45) is 0.524. The summed E-state index contributed by atoms with van der Waals surface area (Å²) in [6.45, 7) is 1.00. The Kier molecular flexibility index (Phi) is 3.79. The van der Waals surface area contributed by atoms with Crippen LogP contribution in [0.5, 0.6) is 23.0 Å². The molecule has 0 fully saturated rings. The third-order valence-electron chi connectivity index (χ3n) is 4.89. The van der Waals surface area contributed by atoms with Crippen molar-refractivity contribution in [1.82, 2.24) is 20.3 Å². The smallest absolute Gasteiger partial charge is 0.245 e. The van der Waals surface area contributed by atoms with Gasteiger partial charge in [0.15, 0.2) is 28.8 Å². The largest absolute Gasteiger partial charge is 0.454 e. The van der Waals surface area contributed by atoms with Crippen LogP contribution in [0.1, 0.15) is 16.8 Å². The number of fused-ring (bicyclic) bond motifs is 3. The summed E-state index contributed by atoms with van der Waals surface area (Å²) in [5.41, 5.74) is 3.46. The summed E-state index contributed by atoms with van der Waals surface area (Å²) in [5, 5.41) is 11.0. The van der Waals surface area contributed by atoms with E-state index in [1.807, 2.05) is 36.4 Å². The third-order valence-corrected chi connectivity index (χ3v) is 4.89. The zero-order valence-corrected chi connectivity index (χ0v) is 15.6. The van der Waals surface area contributed by atoms with E-state index in [1.165, 1.54) is 0 Å². The summed E-state index contributed by atoms with van der Waals surface area (Å²) in [5.74, 6) is 3.55. The Morgan fingerprint density at radius 3 is 2.13 bits per heavy atom. The van der Waals surface area contributed by atoms with Gasteiger partial charge in [-0.1, -0.05) is 12.1 Å². The Hall–Kier alpha value is -4.08. The molecule has 0 atom stereocenters. The fraction of sp³-hybridized carbons (Fsp3) is 0.200. The van der Waals surface area contributed by atoms with Gasteiger partial charge in [-0.15, -0.1) is 0 Å². The predicted octanol–water partition coefficient (Wildman–Crippen LogP) is 2.67. The van der Waals surface area contributed by atoms with Gasteiger partial charge in [0.2, 0.25) is 24.9 Å². The topological polar surface area (TPSA) is 114 Å². The van der Waals surface area contributed by atoms with E-state index in [-0.39, 0.29) is 13.6 Å². The first-order chi connectivity index (χ1) is 14.8. The van der Waals surface area contributed by atoms with Crippen LogP contribution in [0.4, 0.5) is 5.82 Å². The lowest BCUT2D eigenvalue weighted by Crippen LogP contribution is -2.07. The van der Waals surface area contributed by atoms with Crippen LogP contribution in [0.2, 0.25) is 0 Å². The minimum Gasteiger partial charge on any atom is -0.454 e. The van der Waals surface area contributed by atoms with Gasteiger partial charge < -0.3 is 24.3 Å². The zero-order chi connectivity index (χ0) is 19.9. The van der Waals surface area contributed by atoms with Crippen molar-refractivity contribution in [2.45, 2.75) is 13.0 Å². The molecule has 0 bridgehead atoms. The maximum absolute atomic E-state index is 5.47. The fourth-order valence-electron chi connectivity index (χ4n) is 3.42. The molecule has 6 rings (SSSR count). The predicted molar refractivity (Wildman–Crippen MR) is 103 cm³/mol. The van der Waals surface area contributed by atoms with Gasteiger partial charge >= 0.3 is 0 Å². The van der Waals surface area contributed by atoms with Crippen LogP contribution in [0.15, 0.2) is 41.0 Å². The highest BCUT2D eigenvalue weighted by atomic mass is 16.7. The number of hydrogen-bond acceptors (Lipinski definition) is 10. The Balaban J connectivity index is 1.29. The normalized spacial score (nSPS) is 13.7. The number of nitrogens with zero attached hydrogens (tertiary/aromatic N) is 4. The van der Waals surface area contributed by atoms with Gasteiger partial charge in [0.05, 0.1) is 5.69 Å². The Labute approximate surface area is 169 Å². The van der Waals surface area contributed by atoms with E-state index in [0.29, 0.717) is 30.1 Å². The highest BCUT2D eigenvalue weighted by Crippen LogP contribution is 2.34. The maximum atomic E-state index is 5.47. The molecule has 10 nitrogen and oxygen atoms in total. The van der Waals surface area contributed by atoms with Gasteiger partial charge in [-0.3, -0.25) is 0 Å². The molecule has 2 aliphatic heterocycles. The molecule has 0 amide bonds. The molecule has 0 radical (unpaired) electrons. The first kappa shape index (κ1) is 16.8. The maximum Gasteiger partial charge on any atom is 0.245 e. The second-order valence-electron chi connectivity index (χ2n) is 6.84. The van der Waals surface area contributed by atoms with E-state index < -0.39 is 0 Å². The van der Waals surface area contributed by atoms with E-state index >= 15 is 0 Å². The lowest BCUT2D eigenvalue weighted by atomic mass is 10.1. The molecule has 2 aromatic heterocycles. The van der Waals surface area contributed by atoms with E-state index in [9.17, 15) is 0 Å². The van der Waals surface area contributed by atoms with Crippen molar-refractivity contribution in [1.29, 1.82) is 0 Å². The van der Waals surface area contributed by atoms with Crippen LogP contribution in [0, 0.1) is 0 Å². The number of hydrogen-bond donors (Lipinski definition) is 1. The molecule has 30 heavy (non-hydrogen) atoms. The van der Waals surface area contributed by atoms with Gasteiger partial charge in [0.1, 0.15) is 0 Å². The Bertz CT molecular complexity index is 1260. The van der Waals surface area contributed by atoms with Gasteiger partial charge in [-0.05, 0) is 45.7 Å². The Morgan fingerprint density at radius 2 is 1.37 bits per heavy atom. The van der Waals surface area contributed by atoms with Gasteiger partial charge in [-0.2, -0.15) is 0 Å². The summed E-state index contributed by atoms with van der Waals surface area (Å²) in [7, 11) is 0. The summed E-state index contributed by atoms with van der Waals surface area (Å²) < 4.78 is 26.4. The molecule has 1 N–H and O–H groups in total. The van der Waals surface area contributed by atoms with Crippen LogP contribution >= 0.6 is 0 Å². The second-order valence-corrected chi connectivity index (χ2v) is 6.84. The molecule has 0 saturated carbocycles. The first-order valence-electron chi connectivity index (χ1n) is 9.32. The molecule has 2 aliphatic rings. The zero-order valence-electron chi connectivity index (χ0n) is 15.6. The van der Waals surface area contributed by atoms with Crippen molar-refractivity contribution in [2.24, 2.45) is 0 Å². The molecule has 4 heterocycles. The van der Waals surface area contributed by atoms with Crippen LogP contribution in [0.25, 0.3) is 11.3 Å². The second kappa shape index (κ2) is 6.76. The van der Waals surface area contributed by atoms with E-state index in [1.54, 1.807) is 0 Å². The van der Waals surface area contributed by atoms with E-state index in [2.05, 4.69) is 25.6 Å². The highest BCUT2D eigenvalue weighted by molar-refractivity contribution is 5.67. The van der Waals surface area contributed by atoms with Gasteiger partial charge in [0.25, 0.3) is 0 Å². The van der Waals surface area contributed by atoms with E-state index in [4.69, 9.17) is 23.6 Å². The lowest BCUT2D eigenvalue weighted by molar-refractivity contribution is 0.173. The highest BCUT2D eigenvalue weighted by Gasteiger charge is 2.18. The minimum absolute atomic E-state index is 0.234. The standard InChI is InChI=1S/C20H15N5O5/c1-3-14-16(28-9-26-14)6-11(1)5-13-18(23-20-19(22-13)24-30-25-20)21-8-12-2-4-15-17(7-12)29-10-27-15/h1-4,6-7H,5,8-10H2,(H,21,23,25). The number of rotatable bonds is 5. The van der Waals surface area contributed by atoms with Gasteiger partial charge in [0, 0.05) is 13.0 Å². The molecule has 0 saturated heterocycles. The van der Waals surface area contributed by atoms with Crippen LogP contribution in [0.3, 0.4) is 0 Å². The molecular formula is C20H15N5O5. The first-order valence-corrected chi connectivity index (χ1v) is 9.32. The minimum atomic E-state index is 0.234. The molecule has 0 unspecified atom stereocenters. The van der Waals surface area contributed by atoms with Crippen molar-refractivity contribution in [3.05, 3.63) is 53.2 Å².